The molecule has 63 heavy (non-hydrogen) atoms. The lowest BCUT2D eigenvalue weighted by Crippen LogP contribution is -2.28. The minimum absolute atomic E-state index is 0.0632. The highest BCUT2D eigenvalue weighted by Crippen LogP contribution is 2.58. The van der Waals surface area contributed by atoms with Crippen molar-refractivity contribution in [3.05, 3.63) is 268 Å². The largest absolute Gasteiger partial charge is 0.310 e. The van der Waals surface area contributed by atoms with Crippen LogP contribution in [0.3, 0.4) is 0 Å². The molecular formula is C62H51N. The lowest BCUT2D eigenvalue weighted by atomic mass is 9.67. The van der Waals surface area contributed by atoms with Crippen LogP contribution in [0.4, 0.5) is 17.1 Å². The third-order valence-electron chi connectivity index (χ3n) is 14.4. The average molecular weight is 810 g/mol. The third-order valence-corrected chi connectivity index (χ3v) is 14.4. The Hall–Kier alpha value is -7.22. The predicted molar refractivity (Wildman–Crippen MR) is 266 cm³/mol. The van der Waals surface area contributed by atoms with Gasteiger partial charge < -0.3 is 4.90 Å². The third kappa shape index (κ3) is 6.21. The summed E-state index contributed by atoms with van der Waals surface area (Å²) in [5.41, 5.74) is 22.0. The molecule has 304 valence electrons. The number of anilines is 3. The van der Waals surface area contributed by atoms with Gasteiger partial charge >= 0.3 is 0 Å². The second kappa shape index (κ2) is 15.9. The Balaban J connectivity index is 0.984. The molecule has 0 fully saturated rings. The molecule has 8 aromatic carbocycles. The van der Waals surface area contributed by atoms with Crippen LogP contribution in [-0.2, 0) is 10.8 Å². The molecule has 0 atom stereocenters. The van der Waals surface area contributed by atoms with Crippen LogP contribution in [0.25, 0.3) is 33.9 Å². The standard InChI is InChI=1S/C62H51N/c1-3-61(4-2)58-41-44(35-37-46-23-20-34-57-60(46)55-32-17-18-33-56(55)62(57,48-25-11-6-12-26-48)49-27-13-7-14-28-49)36-39-53(58)54-40-38-52(43-59(54)61)63(50-29-15-8-16-30-50)51-31-19-24-47(42-51)45-21-9-5-10-22-45/h5-35,37-38,40-43H,3-4,36,39H2,1-2H3/b37-35+. The van der Waals surface area contributed by atoms with E-state index in [1.54, 1.807) is 0 Å². The van der Waals surface area contributed by atoms with Crippen molar-refractivity contribution in [1.29, 1.82) is 0 Å². The summed E-state index contributed by atoms with van der Waals surface area (Å²) in [5.74, 6) is 0. The van der Waals surface area contributed by atoms with Crippen LogP contribution in [0, 0.1) is 0 Å². The summed E-state index contributed by atoms with van der Waals surface area (Å²) < 4.78 is 0. The van der Waals surface area contributed by atoms with Gasteiger partial charge in [-0.15, -0.1) is 0 Å². The van der Waals surface area contributed by atoms with E-state index in [1.807, 2.05) is 0 Å². The van der Waals surface area contributed by atoms with Crippen LogP contribution in [0.15, 0.2) is 230 Å². The zero-order valence-corrected chi connectivity index (χ0v) is 36.1. The van der Waals surface area contributed by atoms with Gasteiger partial charge in [-0.25, -0.2) is 0 Å². The SMILES string of the molecule is CCC1(CC)C2=C(CCC(/C=C/c3cccc4c3-c3ccccc3C4(c3ccccc3)c3ccccc3)=C2)c2ccc(N(c3ccccc3)c3cccc(-c4ccccc4)c3)cc21. The van der Waals surface area contributed by atoms with E-state index in [4.69, 9.17) is 0 Å². The molecule has 3 aliphatic rings. The zero-order valence-electron chi connectivity index (χ0n) is 36.1. The Bertz CT molecular complexity index is 3020. The van der Waals surface area contributed by atoms with Gasteiger partial charge in [0.15, 0.2) is 0 Å². The van der Waals surface area contributed by atoms with E-state index in [2.05, 4.69) is 243 Å². The molecule has 0 radical (unpaired) electrons. The summed E-state index contributed by atoms with van der Waals surface area (Å²) in [4.78, 5) is 2.44. The van der Waals surface area contributed by atoms with Gasteiger partial charge in [0.05, 0.1) is 5.41 Å². The molecule has 11 rings (SSSR count). The maximum atomic E-state index is 2.57. The lowest BCUT2D eigenvalue weighted by molar-refractivity contribution is 0.485. The normalized spacial score (nSPS) is 15.4. The van der Waals surface area contributed by atoms with Gasteiger partial charge in [-0.3, -0.25) is 0 Å². The summed E-state index contributed by atoms with van der Waals surface area (Å²) in [7, 11) is 0. The highest BCUT2D eigenvalue weighted by Gasteiger charge is 2.47. The van der Waals surface area contributed by atoms with Crippen LogP contribution in [0.2, 0.25) is 0 Å². The molecular weight excluding hydrogens is 759 g/mol. The van der Waals surface area contributed by atoms with Gasteiger partial charge in [0.1, 0.15) is 0 Å². The summed E-state index contributed by atoms with van der Waals surface area (Å²) in [6, 6.07) is 76.0. The van der Waals surface area contributed by atoms with E-state index in [9.17, 15) is 0 Å². The smallest absolute Gasteiger partial charge is 0.0713 e. The Kier molecular flexibility index (Phi) is 9.77. The molecule has 1 nitrogen and oxygen atoms in total. The van der Waals surface area contributed by atoms with Crippen molar-refractivity contribution in [2.24, 2.45) is 0 Å². The van der Waals surface area contributed by atoms with E-state index < -0.39 is 5.41 Å². The Morgan fingerprint density at radius 2 is 1.05 bits per heavy atom. The van der Waals surface area contributed by atoms with Crippen molar-refractivity contribution in [2.75, 3.05) is 4.90 Å². The van der Waals surface area contributed by atoms with Crippen LogP contribution >= 0.6 is 0 Å². The first-order valence-corrected chi connectivity index (χ1v) is 22.8. The fourth-order valence-corrected chi connectivity index (χ4v) is 11.4. The zero-order chi connectivity index (χ0) is 42.4. The first-order chi connectivity index (χ1) is 31.1. The van der Waals surface area contributed by atoms with Crippen molar-refractivity contribution < 1.29 is 0 Å². The fraction of sp³-hybridized carbons (Fsp3) is 0.129. The Labute approximate surface area is 373 Å². The molecule has 0 heterocycles. The molecule has 0 bridgehead atoms. The lowest BCUT2D eigenvalue weighted by Gasteiger charge is -2.34. The number of nitrogens with zero attached hydrogens (tertiary/aromatic N) is 1. The highest BCUT2D eigenvalue weighted by molar-refractivity contribution is 5.92. The first-order valence-electron chi connectivity index (χ1n) is 22.8. The summed E-state index contributed by atoms with van der Waals surface area (Å²) in [6.07, 6.45) is 11.6. The van der Waals surface area contributed by atoms with Crippen molar-refractivity contribution in [3.63, 3.8) is 0 Å². The second-order valence-corrected chi connectivity index (χ2v) is 17.3. The summed E-state index contributed by atoms with van der Waals surface area (Å²) in [5, 5.41) is 0. The number of allylic oxidation sites excluding steroid dienone is 5. The number of hydrogen-bond donors (Lipinski definition) is 0. The van der Waals surface area contributed by atoms with Crippen LogP contribution in [0.1, 0.15) is 78.5 Å². The highest BCUT2D eigenvalue weighted by atomic mass is 15.1. The molecule has 0 unspecified atom stereocenters. The molecule has 3 aliphatic carbocycles. The monoisotopic (exact) mass is 809 g/mol. The first kappa shape index (κ1) is 38.7. The molecule has 0 saturated carbocycles. The molecule has 0 spiro atoms. The number of para-hydroxylation sites is 1. The van der Waals surface area contributed by atoms with E-state index in [1.165, 1.54) is 83.6 Å². The number of fused-ring (bicyclic) bond motifs is 5. The van der Waals surface area contributed by atoms with Gasteiger partial charge in [0.25, 0.3) is 0 Å². The van der Waals surface area contributed by atoms with Crippen molar-refractivity contribution in [1.82, 2.24) is 0 Å². The minimum atomic E-state index is -0.404. The maximum Gasteiger partial charge on any atom is 0.0713 e. The van der Waals surface area contributed by atoms with Gasteiger partial charge in [-0.2, -0.15) is 0 Å². The van der Waals surface area contributed by atoms with Gasteiger partial charge in [-0.05, 0) is 140 Å². The number of rotatable bonds is 10. The minimum Gasteiger partial charge on any atom is -0.310 e. The van der Waals surface area contributed by atoms with Crippen molar-refractivity contribution >= 4 is 28.7 Å². The molecule has 1 heteroatoms. The topological polar surface area (TPSA) is 3.24 Å². The maximum absolute atomic E-state index is 2.57. The van der Waals surface area contributed by atoms with Gasteiger partial charge in [0.2, 0.25) is 0 Å². The summed E-state index contributed by atoms with van der Waals surface area (Å²) >= 11 is 0. The molecule has 0 aromatic heterocycles. The predicted octanol–water partition coefficient (Wildman–Crippen LogP) is 16.4. The Morgan fingerprint density at radius 3 is 1.76 bits per heavy atom. The molecule has 0 saturated heterocycles. The van der Waals surface area contributed by atoms with Gasteiger partial charge in [0, 0.05) is 22.5 Å². The van der Waals surface area contributed by atoms with E-state index in [0.717, 1.165) is 37.1 Å². The average Bonchev–Trinajstić information content (AvgIpc) is 3.82. The fourth-order valence-electron chi connectivity index (χ4n) is 11.4. The van der Waals surface area contributed by atoms with E-state index >= 15 is 0 Å². The van der Waals surface area contributed by atoms with E-state index in [-0.39, 0.29) is 5.41 Å². The molecule has 8 aromatic rings. The Morgan fingerprint density at radius 1 is 0.460 bits per heavy atom. The summed E-state index contributed by atoms with van der Waals surface area (Å²) in [6.45, 7) is 4.78. The number of hydrogen-bond acceptors (Lipinski definition) is 1. The number of benzene rings is 8. The van der Waals surface area contributed by atoms with Crippen molar-refractivity contribution in [2.45, 2.75) is 50.4 Å². The van der Waals surface area contributed by atoms with Crippen LogP contribution < -0.4 is 4.90 Å². The quantitative estimate of drug-likeness (QED) is 0.133. The van der Waals surface area contributed by atoms with Gasteiger partial charge in [-0.1, -0.05) is 202 Å². The molecule has 0 aliphatic heterocycles. The van der Waals surface area contributed by atoms with Crippen LogP contribution in [-0.4, -0.2) is 0 Å². The van der Waals surface area contributed by atoms with E-state index in [0.29, 0.717) is 0 Å². The molecule has 0 N–H and O–H groups in total. The van der Waals surface area contributed by atoms with Crippen molar-refractivity contribution in [3.8, 4) is 22.3 Å². The second-order valence-electron chi connectivity index (χ2n) is 17.3. The van der Waals surface area contributed by atoms with Crippen LogP contribution in [0.5, 0.6) is 0 Å². The molecule has 0 amide bonds.